The summed E-state index contributed by atoms with van der Waals surface area (Å²) in [6, 6.07) is 5.78. The molecule has 1 aromatic carbocycles. The summed E-state index contributed by atoms with van der Waals surface area (Å²) in [5.74, 6) is 0. The third-order valence-corrected chi connectivity index (χ3v) is 2.73. The van der Waals surface area contributed by atoms with E-state index >= 15 is 0 Å². The third kappa shape index (κ3) is 3.18. The normalized spacial score (nSPS) is 14.4. The number of alkyl halides is 3. The molecule has 0 aliphatic carbocycles. The molecule has 1 N–H and O–H groups in total. The Balaban J connectivity index is 0.00000180. The fraction of sp³-hybridized carbons (Fsp3) is 0.308. The van der Waals surface area contributed by atoms with Gasteiger partial charge < -0.3 is 9.73 Å². The van der Waals surface area contributed by atoms with E-state index in [-0.39, 0.29) is 25.0 Å². The molecule has 105 valence electrons. The van der Waals surface area contributed by atoms with Crippen molar-refractivity contribution in [2.75, 3.05) is 6.54 Å². The monoisotopic (exact) mass is 358 g/mol. The molecule has 2 aromatic rings. The molecular formula is C13H13F3NORu. The van der Waals surface area contributed by atoms with Gasteiger partial charge in [-0.2, -0.15) is 0 Å². The number of hydrogen-bond donors (Lipinski definition) is 1. The molecule has 1 radical (unpaired) electrons. The molecule has 0 fully saturated rings. The van der Waals surface area contributed by atoms with E-state index in [2.05, 4.69) is 5.32 Å². The van der Waals surface area contributed by atoms with E-state index in [9.17, 15) is 13.2 Å². The fourth-order valence-electron chi connectivity index (χ4n) is 1.73. The minimum Gasteiger partial charge on any atom is -0.467 e. The smallest absolute Gasteiger partial charge is 0.467 e. The Morgan fingerprint density at radius 2 is 2.11 bits per heavy atom. The summed E-state index contributed by atoms with van der Waals surface area (Å²) in [5, 5.41) is 3.10. The maximum Gasteiger partial charge on any atom is 1.00 e. The quantitative estimate of drug-likeness (QED) is 0.653. The van der Waals surface area contributed by atoms with Crippen LogP contribution >= 0.6 is 0 Å². The molecule has 1 atom stereocenters. The summed E-state index contributed by atoms with van der Waals surface area (Å²) < 4.78 is 45.4. The van der Waals surface area contributed by atoms with Crippen molar-refractivity contribution in [1.29, 1.82) is 0 Å². The van der Waals surface area contributed by atoms with E-state index in [1.807, 2.05) is 0 Å². The van der Waals surface area contributed by atoms with Gasteiger partial charge in [-0.3, -0.25) is 4.39 Å². The van der Waals surface area contributed by atoms with Crippen LogP contribution in [0.1, 0.15) is 12.5 Å². The number of likely N-dealkylation sites (N-methyl/N-ethyl adjacent to an activating group) is 1. The zero-order valence-electron chi connectivity index (χ0n) is 10.1. The molecule has 0 bridgehead atoms. The van der Waals surface area contributed by atoms with E-state index in [0.717, 1.165) is 6.54 Å². The van der Waals surface area contributed by atoms with Gasteiger partial charge in [-0.05, 0) is 30.3 Å². The van der Waals surface area contributed by atoms with E-state index in [4.69, 9.17) is 4.42 Å². The second-order valence-electron chi connectivity index (χ2n) is 3.94. The molecule has 6 heteroatoms. The predicted molar refractivity (Wildman–Crippen MR) is 63.0 cm³/mol. The summed E-state index contributed by atoms with van der Waals surface area (Å²) in [7, 11) is 0. The van der Waals surface area contributed by atoms with Crippen LogP contribution in [0.15, 0.2) is 34.9 Å². The van der Waals surface area contributed by atoms with Crippen molar-refractivity contribution in [2.45, 2.75) is 19.0 Å². The second-order valence-corrected chi connectivity index (χ2v) is 3.94. The van der Waals surface area contributed by atoms with Crippen LogP contribution in [0.5, 0.6) is 0 Å². The first-order chi connectivity index (χ1) is 8.58. The zero-order valence-corrected chi connectivity index (χ0v) is 11.9. The first kappa shape index (κ1) is 16.2. The van der Waals surface area contributed by atoms with Gasteiger partial charge in [0.25, 0.3) is 0 Å². The topological polar surface area (TPSA) is 25.2 Å². The van der Waals surface area contributed by atoms with Gasteiger partial charge in [-0.25, -0.2) is 15.3 Å². The Labute approximate surface area is 122 Å². The first-order valence-corrected chi connectivity index (χ1v) is 5.60. The van der Waals surface area contributed by atoms with Gasteiger partial charge in [-0.15, -0.1) is 0 Å². The average molecular weight is 357 g/mol. The van der Waals surface area contributed by atoms with Gasteiger partial charge in [0.1, 0.15) is 5.58 Å². The van der Waals surface area contributed by atoms with Crippen LogP contribution in [0.4, 0.5) is 13.2 Å². The van der Waals surface area contributed by atoms with Crippen molar-refractivity contribution in [3.8, 4) is 0 Å². The molecule has 1 aromatic heterocycles. The van der Waals surface area contributed by atoms with Crippen LogP contribution < -0.4 is 5.32 Å². The van der Waals surface area contributed by atoms with Gasteiger partial charge in [-0.1, -0.05) is 13.0 Å². The molecule has 0 amide bonds. The summed E-state index contributed by atoms with van der Waals surface area (Å²) in [5.41, 5.74) is -2.35. The van der Waals surface area contributed by atoms with E-state index in [1.54, 1.807) is 13.0 Å². The number of rotatable bonds is 5. The number of fused-ring (bicyclic) bond motifs is 1. The Hall–Kier alpha value is -0.867. The Bertz CT molecular complexity index is 531. The zero-order chi connectivity index (χ0) is 13.2. The molecule has 0 aliphatic rings. The summed E-state index contributed by atoms with van der Waals surface area (Å²) in [6.45, 7) is 2.90. The fourth-order valence-corrected chi connectivity index (χ4v) is 1.73. The first-order valence-electron chi connectivity index (χ1n) is 5.60. The Kier molecular flexibility index (Phi) is 5.56. The maximum atomic E-state index is 14.4. The molecule has 0 saturated heterocycles. The molecule has 0 spiro atoms. The Morgan fingerprint density at radius 1 is 1.37 bits per heavy atom. The number of benzene rings is 1. The van der Waals surface area contributed by atoms with Gasteiger partial charge >= 0.3 is 19.5 Å². The predicted octanol–water partition coefficient (Wildman–Crippen LogP) is 3.63. The number of halogens is 3. The summed E-state index contributed by atoms with van der Waals surface area (Å²) in [4.78, 5) is 0. The molecular weight excluding hydrogens is 344 g/mol. The molecule has 2 rings (SSSR count). The van der Waals surface area contributed by atoms with Crippen molar-refractivity contribution < 1.29 is 37.1 Å². The summed E-state index contributed by atoms with van der Waals surface area (Å²) in [6.07, 6.45) is -1.70. The molecule has 0 aliphatic heterocycles. The number of nitrogens with one attached hydrogen (secondary N) is 1. The largest absolute Gasteiger partial charge is 1.00 e. The van der Waals surface area contributed by atoms with Crippen molar-refractivity contribution >= 4 is 11.0 Å². The minimum absolute atomic E-state index is 0. The van der Waals surface area contributed by atoms with Gasteiger partial charge in [0.15, 0.2) is 0 Å². The number of furan rings is 1. The van der Waals surface area contributed by atoms with Gasteiger partial charge in [0.05, 0.1) is 11.9 Å². The van der Waals surface area contributed by atoms with Crippen LogP contribution in [0, 0.1) is 6.54 Å². The van der Waals surface area contributed by atoms with Crippen LogP contribution in [-0.4, -0.2) is 13.0 Å². The van der Waals surface area contributed by atoms with Crippen molar-refractivity contribution in [2.24, 2.45) is 0 Å². The number of hydrogen-bond acceptors (Lipinski definition) is 2. The molecule has 1 unspecified atom stereocenters. The SMILES string of the molecule is CCN[CH-]C(F)(c1ccc2occc2c1)C(F)F.[Ru+]. The Morgan fingerprint density at radius 3 is 2.74 bits per heavy atom. The van der Waals surface area contributed by atoms with Gasteiger partial charge in [0, 0.05) is 5.39 Å². The molecule has 2 nitrogen and oxygen atoms in total. The van der Waals surface area contributed by atoms with Crippen molar-refractivity contribution in [3.05, 3.63) is 42.6 Å². The molecule has 1 heterocycles. The molecule has 0 saturated carbocycles. The summed E-state index contributed by atoms with van der Waals surface area (Å²) >= 11 is 0. The minimum atomic E-state index is -3.14. The van der Waals surface area contributed by atoms with Crippen LogP contribution in [0.25, 0.3) is 11.0 Å². The maximum absolute atomic E-state index is 14.4. The van der Waals surface area contributed by atoms with Crippen molar-refractivity contribution in [1.82, 2.24) is 5.32 Å². The molecule has 19 heavy (non-hydrogen) atoms. The second kappa shape index (κ2) is 6.53. The van der Waals surface area contributed by atoms with E-state index in [1.165, 1.54) is 24.5 Å². The average Bonchev–Trinajstić information content (AvgIpc) is 2.82. The van der Waals surface area contributed by atoms with Crippen molar-refractivity contribution in [3.63, 3.8) is 0 Å². The van der Waals surface area contributed by atoms with Crippen LogP contribution in [0.3, 0.4) is 0 Å². The van der Waals surface area contributed by atoms with Crippen LogP contribution in [-0.2, 0) is 25.1 Å². The van der Waals surface area contributed by atoms with E-state index in [0.29, 0.717) is 17.5 Å². The standard InChI is InChI=1S/C13H13F3NO.Ru/c1-2-17-8-13(16,12(14)15)10-3-4-11-9(7-10)5-6-18-11;/h3-8,12,17H,2H2,1H3;/q-1;+1. The van der Waals surface area contributed by atoms with Gasteiger partial charge in [0.2, 0.25) is 6.43 Å². The third-order valence-electron chi connectivity index (χ3n) is 2.73. The van der Waals surface area contributed by atoms with E-state index < -0.39 is 12.1 Å². The van der Waals surface area contributed by atoms with Crippen LogP contribution in [0.2, 0.25) is 0 Å².